The molecule has 0 radical (unpaired) electrons. The molecule has 1 aliphatic rings. The second kappa shape index (κ2) is 5.33. The van der Waals surface area contributed by atoms with Gasteiger partial charge >= 0.3 is 0 Å². The van der Waals surface area contributed by atoms with Crippen LogP contribution in [-0.4, -0.2) is 24.7 Å². The molecule has 0 amide bonds. The molecule has 0 aromatic carbocycles. The molecule has 4 heteroatoms. The molecule has 0 atom stereocenters. The maximum absolute atomic E-state index is 5.80. The topological polar surface area (TPSA) is 34.1 Å². The third-order valence-electron chi connectivity index (χ3n) is 2.63. The third kappa shape index (κ3) is 3.36. The van der Waals surface area contributed by atoms with Crippen LogP contribution >= 0.6 is 11.6 Å². The van der Waals surface area contributed by atoms with Crippen LogP contribution in [0.25, 0.3) is 0 Å². The molecular weight excluding hydrogens is 212 g/mol. The van der Waals surface area contributed by atoms with Crippen LogP contribution in [0.1, 0.15) is 12.8 Å². The van der Waals surface area contributed by atoms with E-state index in [1.54, 1.807) is 6.07 Å². The van der Waals surface area contributed by atoms with E-state index in [9.17, 15) is 0 Å². The normalized spacial score (nSPS) is 17.7. The van der Waals surface area contributed by atoms with Crippen LogP contribution < -0.4 is 5.32 Å². The van der Waals surface area contributed by atoms with Gasteiger partial charge in [0.1, 0.15) is 11.0 Å². The zero-order valence-electron chi connectivity index (χ0n) is 8.58. The minimum Gasteiger partial charge on any atom is -0.381 e. The summed E-state index contributed by atoms with van der Waals surface area (Å²) in [5, 5.41) is 3.84. The highest BCUT2D eigenvalue weighted by atomic mass is 35.5. The van der Waals surface area contributed by atoms with Crippen LogP contribution in [0.4, 0.5) is 5.82 Å². The Balaban J connectivity index is 1.81. The van der Waals surface area contributed by atoms with Gasteiger partial charge in [0, 0.05) is 19.8 Å². The number of hydrogen-bond donors (Lipinski definition) is 1. The van der Waals surface area contributed by atoms with E-state index in [0.29, 0.717) is 11.1 Å². The molecule has 2 heterocycles. The van der Waals surface area contributed by atoms with Gasteiger partial charge < -0.3 is 10.1 Å². The van der Waals surface area contributed by atoms with Crippen LogP contribution in [0, 0.1) is 5.92 Å². The Labute approximate surface area is 94.8 Å². The SMILES string of the molecule is Clc1cccc(NCC2CCOCC2)n1. The lowest BCUT2D eigenvalue weighted by molar-refractivity contribution is 0.0699. The van der Waals surface area contributed by atoms with Crippen molar-refractivity contribution < 1.29 is 4.74 Å². The summed E-state index contributed by atoms with van der Waals surface area (Å²) in [5.74, 6) is 1.55. The average molecular weight is 227 g/mol. The van der Waals surface area contributed by atoms with Gasteiger partial charge in [0.25, 0.3) is 0 Å². The Morgan fingerprint density at radius 1 is 1.40 bits per heavy atom. The first kappa shape index (κ1) is 10.7. The van der Waals surface area contributed by atoms with E-state index in [-0.39, 0.29) is 0 Å². The molecule has 2 rings (SSSR count). The van der Waals surface area contributed by atoms with Gasteiger partial charge in [-0.1, -0.05) is 17.7 Å². The number of nitrogens with one attached hydrogen (secondary N) is 1. The Morgan fingerprint density at radius 2 is 2.20 bits per heavy atom. The summed E-state index contributed by atoms with van der Waals surface area (Å²) in [7, 11) is 0. The van der Waals surface area contributed by atoms with Crippen molar-refractivity contribution >= 4 is 17.4 Å². The largest absolute Gasteiger partial charge is 0.381 e. The molecule has 1 aliphatic heterocycles. The first-order chi connectivity index (χ1) is 7.34. The minimum atomic E-state index is 0.534. The predicted octanol–water partition coefficient (Wildman–Crippen LogP) is 2.57. The van der Waals surface area contributed by atoms with Crippen molar-refractivity contribution in [3.8, 4) is 0 Å². The van der Waals surface area contributed by atoms with Crippen LogP contribution in [0.2, 0.25) is 5.15 Å². The fourth-order valence-corrected chi connectivity index (χ4v) is 1.87. The molecule has 1 N–H and O–H groups in total. The molecule has 0 aliphatic carbocycles. The summed E-state index contributed by atoms with van der Waals surface area (Å²) in [6.07, 6.45) is 2.27. The predicted molar refractivity (Wildman–Crippen MR) is 61.3 cm³/mol. The minimum absolute atomic E-state index is 0.534. The van der Waals surface area contributed by atoms with Crippen LogP contribution in [0.5, 0.6) is 0 Å². The zero-order chi connectivity index (χ0) is 10.5. The van der Waals surface area contributed by atoms with Crippen molar-refractivity contribution in [3.63, 3.8) is 0 Å². The fourth-order valence-electron chi connectivity index (χ4n) is 1.71. The van der Waals surface area contributed by atoms with Gasteiger partial charge in [0.05, 0.1) is 0 Å². The van der Waals surface area contributed by atoms with E-state index in [0.717, 1.165) is 38.4 Å². The number of ether oxygens (including phenoxy) is 1. The smallest absolute Gasteiger partial charge is 0.131 e. The molecule has 3 nitrogen and oxygen atoms in total. The molecule has 1 aromatic rings. The number of pyridine rings is 1. The molecule has 0 bridgehead atoms. The van der Waals surface area contributed by atoms with Gasteiger partial charge in [-0.2, -0.15) is 0 Å². The molecular formula is C11H15ClN2O. The maximum Gasteiger partial charge on any atom is 0.131 e. The molecule has 0 saturated carbocycles. The van der Waals surface area contributed by atoms with Crippen molar-refractivity contribution in [1.82, 2.24) is 4.98 Å². The van der Waals surface area contributed by atoms with Crippen molar-refractivity contribution in [2.24, 2.45) is 5.92 Å². The van der Waals surface area contributed by atoms with Gasteiger partial charge in [0.15, 0.2) is 0 Å². The van der Waals surface area contributed by atoms with Crippen LogP contribution in [0.15, 0.2) is 18.2 Å². The average Bonchev–Trinajstić information content (AvgIpc) is 2.28. The molecule has 1 aromatic heterocycles. The van der Waals surface area contributed by atoms with Gasteiger partial charge in [-0.25, -0.2) is 4.98 Å². The second-order valence-corrected chi connectivity index (χ2v) is 4.17. The van der Waals surface area contributed by atoms with Crippen molar-refractivity contribution in [2.45, 2.75) is 12.8 Å². The fraction of sp³-hybridized carbons (Fsp3) is 0.545. The zero-order valence-corrected chi connectivity index (χ0v) is 9.33. The molecule has 15 heavy (non-hydrogen) atoms. The number of nitrogens with zero attached hydrogens (tertiary/aromatic N) is 1. The van der Waals surface area contributed by atoms with Crippen LogP contribution in [0.3, 0.4) is 0 Å². The number of hydrogen-bond acceptors (Lipinski definition) is 3. The highest BCUT2D eigenvalue weighted by Crippen LogP contribution is 2.16. The lowest BCUT2D eigenvalue weighted by Gasteiger charge is -2.22. The van der Waals surface area contributed by atoms with Gasteiger partial charge in [-0.05, 0) is 30.9 Å². The summed E-state index contributed by atoms with van der Waals surface area (Å²) in [4.78, 5) is 4.18. The summed E-state index contributed by atoms with van der Waals surface area (Å²) >= 11 is 5.80. The summed E-state index contributed by atoms with van der Waals surface area (Å²) in [5.41, 5.74) is 0. The lowest BCUT2D eigenvalue weighted by atomic mass is 10.0. The molecule has 1 fully saturated rings. The van der Waals surface area contributed by atoms with E-state index in [4.69, 9.17) is 16.3 Å². The molecule has 0 unspecified atom stereocenters. The van der Waals surface area contributed by atoms with E-state index in [2.05, 4.69) is 10.3 Å². The van der Waals surface area contributed by atoms with Crippen molar-refractivity contribution in [3.05, 3.63) is 23.4 Å². The Bertz CT molecular complexity index is 313. The number of halogens is 1. The number of rotatable bonds is 3. The summed E-state index contributed by atoms with van der Waals surface area (Å²) in [6, 6.07) is 5.62. The Kier molecular flexibility index (Phi) is 3.80. The van der Waals surface area contributed by atoms with Crippen molar-refractivity contribution in [1.29, 1.82) is 0 Å². The second-order valence-electron chi connectivity index (χ2n) is 3.78. The molecule has 1 saturated heterocycles. The highest BCUT2D eigenvalue weighted by molar-refractivity contribution is 6.29. The Morgan fingerprint density at radius 3 is 2.93 bits per heavy atom. The standard InChI is InChI=1S/C11H15ClN2O/c12-10-2-1-3-11(14-10)13-8-9-4-6-15-7-5-9/h1-3,9H,4-8H2,(H,13,14). The lowest BCUT2D eigenvalue weighted by Crippen LogP contribution is -2.22. The third-order valence-corrected chi connectivity index (χ3v) is 2.84. The van der Waals surface area contributed by atoms with Crippen molar-refractivity contribution in [2.75, 3.05) is 25.1 Å². The highest BCUT2D eigenvalue weighted by Gasteiger charge is 2.13. The van der Waals surface area contributed by atoms with Gasteiger partial charge in [-0.3, -0.25) is 0 Å². The Hall–Kier alpha value is -0.800. The number of aromatic nitrogens is 1. The van der Waals surface area contributed by atoms with E-state index < -0.39 is 0 Å². The maximum atomic E-state index is 5.80. The van der Waals surface area contributed by atoms with Gasteiger partial charge in [-0.15, -0.1) is 0 Å². The van der Waals surface area contributed by atoms with E-state index in [1.165, 1.54) is 0 Å². The quantitative estimate of drug-likeness (QED) is 0.805. The molecule has 0 spiro atoms. The summed E-state index contributed by atoms with van der Waals surface area (Å²) in [6.45, 7) is 2.72. The monoisotopic (exact) mass is 226 g/mol. The first-order valence-corrected chi connectivity index (χ1v) is 5.66. The molecule has 82 valence electrons. The van der Waals surface area contributed by atoms with E-state index in [1.807, 2.05) is 12.1 Å². The van der Waals surface area contributed by atoms with Gasteiger partial charge in [0.2, 0.25) is 0 Å². The summed E-state index contributed by atoms with van der Waals surface area (Å²) < 4.78 is 5.31. The first-order valence-electron chi connectivity index (χ1n) is 5.29. The van der Waals surface area contributed by atoms with Crippen LogP contribution in [-0.2, 0) is 4.74 Å². The van der Waals surface area contributed by atoms with E-state index >= 15 is 0 Å². The number of anilines is 1.